The molecule has 1 fully saturated rings. The first-order valence-corrected chi connectivity index (χ1v) is 11.3. The smallest absolute Gasteiger partial charge is 0.230 e. The second-order valence-electron chi connectivity index (χ2n) is 6.85. The SMILES string of the molecule is O=C(CSCc1cccc(Cl)c1)NCc1cccc(OCCN2CCOCC2)c1. The van der Waals surface area contributed by atoms with Crippen LogP contribution < -0.4 is 10.1 Å². The van der Waals surface area contributed by atoms with Gasteiger partial charge in [-0.3, -0.25) is 9.69 Å². The Bertz CT molecular complexity index is 784. The van der Waals surface area contributed by atoms with Gasteiger partial charge in [-0.1, -0.05) is 35.9 Å². The van der Waals surface area contributed by atoms with Gasteiger partial charge in [0.2, 0.25) is 5.91 Å². The van der Waals surface area contributed by atoms with Gasteiger partial charge in [-0.05, 0) is 35.4 Å². The third-order valence-corrected chi connectivity index (χ3v) is 5.80. The van der Waals surface area contributed by atoms with Crippen LogP contribution in [0.3, 0.4) is 0 Å². The number of halogens is 1. The fourth-order valence-corrected chi connectivity index (χ4v) is 4.02. The molecule has 0 spiro atoms. The summed E-state index contributed by atoms with van der Waals surface area (Å²) in [6, 6.07) is 15.6. The first kappa shape index (κ1) is 22.0. The van der Waals surface area contributed by atoms with Crippen LogP contribution in [0.1, 0.15) is 11.1 Å². The lowest BCUT2D eigenvalue weighted by molar-refractivity contribution is -0.118. The van der Waals surface area contributed by atoms with Crippen LogP contribution in [0.15, 0.2) is 48.5 Å². The van der Waals surface area contributed by atoms with Crippen LogP contribution in [0.4, 0.5) is 0 Å². The molecule has 3 rings (SSSR count). The van der Waals surface area contributed by atoms with Crippen molar-refractivity contribution in [1.29, 1.82) is 0 Å². The van der Waals surface area contributed by atoms with E-state index in [0.717, 1.165) is 60.5 Å². The van der Waals surface area contributed by atoms with Crippen LogP contribution in [0.25, 0.3) is 0 Å². The molecule has 1 heterocycles. The Kier molecular flexibility index (Phi) is 9.15. The molecule has 1 aliphatic heterocycles. The lowest BCUT2D eigenvalue weighted by Crippen LogP contribution is -2.38. The largest absolute Gasteiger partial charge is 0.492 e. The van der Waals surface area contributed by atoms with E-state index in [-0.39, 0.29) is 5.91 Å². The van der Waals surface area contributed by atoms with Gasteiger partial charge in [0.25, 0.3) is 0 Å². The molecule has 2 aromatic carbocycles. The number of ether oxygens (including phenoxy) is 2. The first-order valence-electron chi connectivity index (χ1n) is 9.80. The molecule has 0 saturated carbocycles. The molecule has 0 aliphatic carbocycles. The standard InChI is InChI=1S/C22H27ClN2O3S/c23-20-5-1-4-19(13-20)16-29-17-22(26)24-15-18-3-2-6-21(14-18)28-12-9-25-7-10-27-11-8-25/h1-6,13-14H,7-12,15-17H2,(H,24,26). The van der Waals surface area contributed by atoms with Gasteiger partial charge < -0.3 is 14.8 Å². The van der Waals surface area contributed by atoms with Gasteiger partial charge in [-0.15, -0.1) is 11.8 Å². The molecule has 0 bridgehead atoms. The van der Waals surface area contributed by atoms with Crippen molar-refractivity contribution in [1.82, 2.24) is 10.2 Å². The third-order valence-electron chi connectivity index (χ3n) is 4.56. The van der Waals surface area contributed by atoms with Crippen molar-refractivity contribution in [2.75, 3.05) is 45.2 Å². The Balaban J connectivity index is 1.34. The van der Waals surface area contributed by atoms with Crippen molar-refractivity contribution in [2.45, 2.75) is 12.3 Å². The summed E-state index contributed by atoms with van der Waals surface area (Å²) < 4.78 is 11.2. The highest BCUT2D eigenvalue weighted by Gasteiger charge is 2.10. The van der Waals surface area contributed by atoms with E-state index in [4.69, 9.17) is 21.1 Å². The molecule has 7 heteroatoms. The van der Waals surface area contributed by atoms with Crippen molar-refractivity contribution in [3.05, 3.63) is 64.7 Å². The summed E-state index contributed by atoms with van der Waals surface area (Å²) >= 11 is 7.56. The number of carbonyl (C=O) groups excluding carboxylic acids is 1. The van der Waals surface area contributed by atoms with E-state index >= 15 is 0 Å². The molecule has 0 unspecified atom stereocenters. The van der Waals surface area contributed by atoms with Crippen molar-refractivity contribution in [2.24, 2.45) is 0 Å². The average Bonchev–Trinajstić information content (AvgIpc) is 2.73. The number of benzene rings is 2. The van der Waals surface area contributed by atoms with E-state index in [0.29, 0.717) is 18.9 Å². The summed E-state index contributed by atoms with van der Waals surface area (Å²) in [5.41, 5.74) is 2.15. The van der Waals surface area contributed by atoms with Crippen LogP contribution in [-0.2, 0) is 21.8 Å². The molecule has 0 atom stereocenters. The molecule has 0 radical (unpaired) electrons. The Morgan fingerprint density at radius 2 is 1.93 bits per heavy atom. The number of amides is 1. The molecular formula is C22H27ClN2O3S. The quantitative estimate of drug-likeness (QED) is 0.619. The maximum Gasteiger partial charge on any atom is 0.230 e. The predicted octanol–water partition coefficient (Wildman–Crippen LogP) is 3.60. The van der Waals surface area contributed by atoms with Crippen LogP contribution in [0.5, 0.6) is 5.75 Å². The lowest BCUT2D eigenvalue weighted by Gasteiger charge is -2.26. The molecule has 5 nitrogen and oxygen atoms in total. The molecule has 1 amide bonds. The van der Waals surface area contributed by atoms with Gasteiger partial charge in [0.15, 0.2) is 0 Å². The van der Waals surface area contributed by atoms with E-state index in [1.807, 2.05) is 48.5 Å². The van der Waals surface area contributed by atoms with Gasteiger partial charge in [-0.2, -0.15) is 0 Å². The molecule has 0 aromatic heterocycles. The minimum atomic E-state index is 0.0238. The van der Waals surface area contributed by atoms with Gasteiger partial charge in [0.05, 0.1) is 19.0 Å². The summed E-state index contributed by atoms with van der Waals surface area (Å²) in [5, 5.41) is 3.69. The summed E-state index contributed by atoms with van der Waals surface area (Å²) in [6.45, 7) is 5.57. The topological polar surface area (TPSA) is 50.8 Å². The first-order chi connectivity index (χ1) is 14.2. The fourth-order valence-electron chi connectivity index (χ4n) is 3.00. The number of nitrogens with one attached hydrogen (secondary N) is 1. The Hall–Kier alpha value is -1.73. The minimum absolute atomic E-state index is 0.0238. The highest BCUT2D eigenvalue weighted by Crippen LogP contribution is 2.17. The lowest BCUT2D eigenvalue weighted by atomic mass is 10.2. The van der Waals surface area contributed by atoms with E-state index in [9.17, 15) is 4.79 Å². The number of morpholine rings is 1. The number of carbonyl (C=O) groups is 1. The van der Waals surface area contributed by atoms with Gasteiger partial charge in [0, 0.05) is 37.0 Å². The van der Waals surface area contributed by atoms with Crippen LogP contribution in [0.2, 0.25) is 5.02 Å². The predicted molar refractivity (Wildman–Crippen MR) is 119 cm³/mol. The summed E-state index contributed by atoms with van der Waals surface area (Å²) in [6.07, 6.45) is 0. The van der Waals surface area contributed by atoms with Crippen LogP contribution >= 0.6 is 23.4 Å². The number of thioether (sulfide) groups is 1. The van der Waals surface area contributed by atoms with Gasteiger partial charge in [-0.25, -0.2) is 0 Å². The zero-order valence-corrected chi connectivity index (χ0v) is 18.0. The average molecular weight is 435 g/mol. The van der Waals surface area contributed by atoms with Gasteiger partial charge in [0.1, 0.15) is 12.4 Å². The van der Waals surface area contributed by atoms with Crippen LogP contribution in [0, 0.1) is 0 Å². The van der Waals surface area contributed by atoms with Crippen molar-refractivity contribution >= 4 is 29.3 Å². The monoisotopic (exact) mass is 434 g/mol. The zero-order chi connectivity index (χ0) is 20.3. The van der Waals surface area contributed by atoms with E-state index in [1.165, 1.54) is 0 Å². The number of nitrogens with zero attached hydrogens (tertiary/aromatic N) is 1. The molecule has 1 aliphatic rings. The van der Waals surface area contributed by atoms with Crippen molar-refractivity contribution in [3.8, 4) is 5.75 Å². The summed E-state index contributed by atoms with van der Waals surface area (Å²) in [7, 11) is 0. The zero-order valence-electron chi connectivity index (χ0n) is 16.4. The van der Waals surface area contributed by atoms with Gasteiger partial charge >= 0.3 is 0 Å². The molecule has 2 aromatic rings. The molecular weight excluding hydrogens is 408 g/mol. The second kappa shape index (κ2) is 12.1. The Morgan fingerprint density at radius 1 is 1.14 bits per heavy atom. The Morgan fingerprint density at radius 3 is 2.76 bits per heavy atom. The highest BCUT2D eigenvalue weighted by atomic mass is 35.5. The number of hydrogen-bond donors (Lipinski definition) is 1. The molecule has 1 N–H and O–H groups in total. The minimum Gasteiger partial charge on any atom is -0.492 e. The van der Waals surface area contributed by atoms with E-state index in [2.05, 4.69) is 10.2 Å². The van der Waals surface area contributed by atoms with Crippen molar-refractivity contribution < 1.29 is 14.3 Å². The highest BCUT2D eigenvalue weighted by molar-refractivity contribution is 7.99. The molecule has 1 saturated heterocycles. The normalized spacial score (nSPS) is 14.5. The summed E-state index contributed by atoms with van der Waals surface area (Å²) in [5.74, 6) is 2.04. The summed E-state index contributed by atoms with van der Waals surface area (Å²) in [4.78, 5) is 14.4. The van der Waals surface area contributed by atoms with Crippen molar-refractivity contribution in [3.63, 3.8) is 0 Å². The maximum absolute atomic E-state index is 12.1. The fraction of sp³-hybridized carbons (Fsp3) is 0.409. The maximum atomic E-state index is 12.1. The number of rotatable bonds is 10. The Labute approximate surface area is 181 Å². The molecule has 29 heavy (non-hydrogen) atoms. The third kappa shape index (κ3) is 8.26. The van der Waals surface area contributed by atoms with E-state index in [1.54, 1.807) is 11.8 Å². The number of hydrogen-bond acceptors (Lipinski definition) is 5. The van der Waals surface area contributed by atoms with Crippen LogP contribution in [-0.4, -0.2) is 56.0 Å². The van der Waals surface area contributed by atoms with E-state index < -0.39 is 0 Å². The second-order valence-corrected chi connectivity index (χ2v) is 8.27. The molecule has 156 valence electrons.